The highest BCUT2D eigenvalue weighted by Gasteiger charge is 2.03. The maximum Gasteiger partial charge on any atom is 0.244 e. The Morgan fingerprint density at radius 3 is 2.23 bits per heavy atom. The van der Waals surface area contributed by atoms with Gasteiger partial charge in [0.2, 0.25) is 5.91 Å². The molecule has 2 rings (SSSR count). The first kappa shape index (κ1) is 19.2. The average Bonchev–Trinajstić information content (AvgIpc) is 2.69. The van der Waals surface area contributed by atoms with Crippen molar-refractivity contribution < 1.29 is 23.7 Å². The maximum absolute atomic E-state index is 11.9. The minimum absolute atomic E-state index is 0.215. The van der Waals surface area contributed by atoms with Crippen LogP contribution in [0.25, 0.3) is 6.08 Å². The van der Waals surface area contributed by atoms with E-state index >= 15 is 0 Å². The van der Waals surface area contributed by atoms with Crippen molar-refractivity contribution in [1.82, 2.24) is 5.32 Å². The second-order valence-electron chi connectivity index (χ2n) is 5.26. The number of methoxy groups -OCH3 is 3. The summed E-state index contributed by atoms with van der Waals surface area (Å²) in [7, 11) is 4.78. The van der Waals surface area contributed by atoms with E-state index in [2.05, 4.69) is 5.32 Å². The van der Waals surface area contributed by atoms with Crippen LogP contribution in [0.1, 0.15) is 5.56 Å². The number of ether oxygens (including phenoxy) is 4. The van der Waals surface area contributed by atoms with Gasteiger partial charge in [-0.05, 0) is 48.5 Å². The largest absolute Gasteiger partial charge is 0.497 e. The van der Waals surface area contributed by atoms with Gasteiger partial charge in [-0.3, -0.25) is 4.79 Å². The van der Waals surface area contributed by atoms with Crippen molar-refractivity contribution in [2.75, 3.05) is 34.5 Å². The zero-order valence-corrected chi connectivity index (χ0v) is 15.2. The Balaban J connectivity index is 1.80. The molecule has 1 amide bonds. The highest BCUT2D eigenvalue weighted by atomic mass is 16.5. The molecular formula is C20H23NO5. The van der Waals surface area contributed by atoms with Crippen molar-refractivity contribution in [3.8, 4) is 23.0 Å². The molecule has 0 bridgehead atoms. The van der Waals surface area contributed by atoms with Crippen molar-refractivity contribution >= 4 is 12.0 Å². The van der Waals surface area contributed by atoms with Crippen LogP contribution in [0.3, 0.4) is 0 Å². The summed E-state index contributed by atoms with van der Waals surface area (Å²) in [4.78, 5) is 11.9. The Morgan fingerprint density at radius 2 is 1.58 bits per heavy atom. The zero-order chi connectivity index (χ0) is 18.8. The van der Waals surface area contributed by atoms with Crippen molar-refractivity contribution in [1.29, 1.82) is 0 Å². The smallest absolute Gasteiger partial charge is 0.244 e. The van der Waals surface area contributed by atoms with Gasteiger partial charge in [0, 0.05) is 11.6 Å². The van der Waals surface area contributed by atoms with E-state index in [-0.39, 0.29) is 5.91 Å². The first-order chi connectivity index (χ1) is 12.7. The molecule has 0 saturated carbocycles. The van der Waals surface area contributed by atoms with E-state index in [1.807, 2.05) is 24.3 Å². The fraction of sp³-hybridized carbons (Fsp3) is 0.250. The van der Waals surface area contributed by atoms with Crippen molar-refractivity contribution in [2.24, 2.45) is 0 Å². The van der Waals surface area contributed by atoms with E-state index in [0.29, 0.717) is 24.7 Å². The van der Waals surface area contributed by atoms with Gasteiger partial charge in [0.25, 0.3) is 0 Å². The standard InChI is InChI=1S/C20H23NO5/c1-23-16-5-7-17(8-6-16)26-13-12-21-20(22)11-4-15-14-18(24-2)9-10-19(15)25-3/h4-11,14H,12-13H2,1-3H3,(H,21,22)/b11-4+. The van der Waals surface area contributed by atoms with Crippen LogP contribution in [0.4, 0.5) is 0 Å². The van der Waals surface area contributed by atoms with Crippen LogP contribution in [0.15, 0.2) is 48.5 Å². The number of benzene rings is 2. The van der Waals surface area contributed by atoms with Gasteiger partial charge in [-0.1, -0.05) is 0 Å². The number of carbonyl (C=O) groups is 1. The summed E-state index contributed by atoms with van der Waals surface area (Å²) in [5, 5.41) is 2.76. The fourth-order valence-electron chi connectivity index (χ4n) is 2.21. The van der Waals surface area contributed by atoms with Gasteiger partial charge >= 0.3 is 0 Å². The third kappa shape index (κ3) is 5.73. The lowest BCUT2D eigenvalue weighted by Gasteiger charge is -2.08. The lowest BCUT2D eigenvalue weighted by atomic mass is 10.1. The number of hydrogen-bond donors (Lipinski definition) is 1. The molecule has 0 fully saturated rings. The molecule has 2 aromatic carbocycles. The van der Waals surface area contributed by atoms with Gasteiger partial charge in [-0.15, -0.1) is 0 Å². The van der Waals surface area contributed by atoms with E-state index in [9.17, 15) is 4.79 Å². The van der Waals surface area contributed by atoms with Crippen molar-refractivity contribution in [3.63, 3.8) is 0 Å². The van der Waals surface area contributed by atoms with Crippen molar-refractivity contribution in [3.05, 3.63) is 54.1 Å². The molecular weight excluding hydrogens is 334 g/mol. The quantitative estimate of drug-likeness (QED) is 0.552. The Bertz CT molecular complexity index is 740. The molecule has 6 nitrogen and oxygen atoms in total. The maximum atomic E-state index is 11.9. The third-order valence-corrected chi connectivity index (χ3v) is 3.58. The lowest BCUT2D eigenvalue weighted by molar-refractivity contribution is -0.116. The van der Waals surface area contributed by atoms with E-state index in [4.69, 9.17) is 18.9 Å². The van der Waals surface area contributed by atoms with Gasteiger partial charge in [-0.25, -0.2) is 0 Å². The molecule has 0 aliphatic carbocycles. The summed E-state index contributed by atoms with van der Waals surface area (Å²) in [6.07, 6.45) is 3.13. The lowest BCUT2D eigenvalue weighted by Crippen LogP contribution is -2.26. The molecule has 1 N–H and O–H groups in total. The third-order valence-electron chi connectivity index (χ3n) is 3.58. The predicted octanol–water partition coefficient (Wildman–Crippen LogP) is 2.92. The molecule has 0 atom stereocenters. The summed E-state index contributed by atoms with van der Waals surface area (Å²) in [6, 6.07) is 12.7. The summed E-state index contributed by atoms with van der Waals surface area (Å²) in [5.74, 6) is 2.63. The molecule has 26 heavy (non-hydrogen) atoms. The summed E-state index contributed by atoms with van der Waals surface area (Å²) < 4.78 is 21.1. The normalized spacial score (nSPS) is 10.4. The van der Waals surface area contributed by atoms with Gasteiger partial charge < -0.3 is 24.3 Å². The molecule has 0 unspecified atom stereocenters. The molecule has 0 aliphatic rings. The number of nitrogens with one attached hydrogen (secondary N) is 1. The second-order valence-corrected chi connectivity index (χ2v) is 5.26. The van der Waals surface area contributed by atoms with Crippen LogP contribution in [-0.2, 0) is 4.79 Å². The molecule has 2 aromatic rings. The minimum Gasteiger partial charge on any atom is -0.497 e. The van der Waals surface area contributed by atoms with Gasteiger partial charge in [0.1, 0.15) is 29.6 Å². The molecule has 0 radical (unpaired) electrons. The van der Waals surface area contributed by atoms with Crippen LogP contribution in [0.2, 0.25) is 0 Å². The zero-order valence-electron chi connectivity index (χ0n) is 15.2. The summed E-state index contributed by atoms with van der Waals surface area (Å²) in [6.45, 7) is 0.763. The molecule has 6 heteroatoms. The topological polar surface area (TPSA) is 66.0 Å². The second kappa shape index (κ2) is 9.98. The number of carbonyl (C=O) groups excluding carboxylic acids is 1. The summed E-state index contributed by atoms with van der Waals surface area (Å²) in [5.41, 5.74) is 0.761. The predicted molar refractivity (Wildman–Crippen MR) is 100 cm³/mol. The SMILES string of the molecule is COc1ccc(OCCNC(=O)/C=C/c2cc(OC)ccc2OC)cc1. The Labute approximate surface area is 153 Å². The average molecular weight is 357 g/mol. The van der Waals surface area contributed by atoms with E-state index < -0.39 is 0 Å². The molecule has 0 spiro atoms. The van der Waals surface area contributed by atoms with Gasteiger partial charge in [0.15, 0.2) is 0 Å². The van der Waals surface area contributed by atoms with Crippen LogP contribution in [0.5, 0.6) is 23.0 Å². The monoisotopic (exact) mass is 357 g/mol. The van der Waals surface area contributed by atoms with Crippen molar-refractivity contribution in [2.45, 2.75) is 0 Å². The van der Waals surface area contributed by atoms with Crippen LogP contribution < -0.4 is 24.3 Å². The minimum atomic E-state index is -0.215. The summed E-state index contributed by atoms with van der Waals surface area (Å²) >= 11 is 0. The fourth-order valence-corrected chi connectivity index (χ4v) is 2.21. The molecule has 0 aromatic heterocycles. The van der Waals surface area contributed by atoms with Gasteiger partial charge in [-0.2, -0.15) is 0 Å². The Morgan fingerprint density at radius 1 is 0.923 bits per heavy atom. The Kier molecular flexibility index (Phi) is 7.36. The van der Waals surface area contributed by atoms with E-state index in [1.165, 1.54) is 6.08 Å². The Hall–Kier alpha value is -3.15. The molecule has 0 aliphatic heterocycles. The molecule has 0 heterocycles. The van der Waals surface area contributed by atoms with E-state index in [1.54, 1.807) is 45.6 Å². The highest BCUT2D eigenvalue weighted by molar-refractivity contribution is 5.92. The first-order valence-corrected chi connectivity index (χ1v) is 8.11. The van der Waals surface area contributed by atoms with Crippen LogP contribution >= 0.6 is 0 Å². The van der Waals surface area contributed by atoms with Crippen LogP contribution in [0, 0.1) is 0 Å². The number of hydrogen-bond acceptors (Lipinski definition) is 5. The number of rotatable bonds is 9. The highest BCUT2D eigenvalue weighted by Crippen LogP contribution is 2.25. The molecule has 138 valence electrons. The van der Waals surface area contributed by atoms with E-state index in [0.717, 1.165) is 17.1 Å². The first-order valence-electron chi connectivity index (χ1n) is 8.11. The molecule has 0 saturated heterocycles. The number of amides is 1. The van der Waals surface area contributed by atoms with Gasteiger partial charge in [0.05, 0.1) is 27.9 Å². The van der Waals surface area contributed by atoms with Crippen LogP contribution in [-0.4, -0.2) is 40.4 Å².